The smallest absolute Gasteiger partial charge is 0.319 e. The number of hydrogen-bond acceptors (Lipinski definition) is 2. The Morgan fingerprint density at radius 2 is 1.92 bits per heavy atom. The lowest BCUT2D eigenvalue weighted by Gasteiger charge is -2.23. The summed E-state index contributed by atoms with van der Waals surface area (Å²) in [6.45, 7) is 4.96. The highest BCUT2D eigenvalue weighted by molar-refractivity contribution is 5.91. The van der Waals surface area contributed by atoms with E-state index in [0.717, 1.165) is 28.8 Å². The van der Waals surface area contributed by atoms with E-state index >= 15 is 0 Å². The maximum atomic E-state index is 12.7. The standard InChI is InChI=1S/C20H23N3O/c1-3-18-12-7-9-16(2)19(18)22-20(24)23(14-8-13-21)15-17-10-5-4-6-11-17/h4-7,9-12H,3,8,14-15H2,1-2H3,(H,22,24). The van der Waals surface area contributed by atoms with Gasteiger partial charge in [-0.15, -0.1) is 0 Å². The van der Waals surface area contributed by atoms with Crippen molar-refractivity contribution in [1.82, 2.24) is 4.90 Å². The summed E-state index contributed by atoms with van der Waals surface area (Å²) in [6, 6.07) is 17.8. The molecule has 0 atom stereocenters. The van der Waals surface area contributed by atoms with Crippen molar-refractivity contribution < 1.29 is 4.79 Å². The quantitative estimate of drug-likeness (QED) is 0.851. The molecule has 0 fully saturated rings. The van der Waals surface area contributed by atoms with Crippen LogP contribution in [0.4, 0.5) is 10.5 Å². The lowest BCUT2D eigenvalue weighted by atomic mass is 10.1. The topological polar surface area (TPSA) is 56.1 Å². The van der Waals surface area contributed by atoms with E-state index in [1.54, 1.807) is 4.90 Å². The first-order valence-electron chi connectivity index (χ1n) is 8.21. The number of urea groups is 1. The summed E-state index contributed by atoms with van der Waals surface area (Å²) >= 11 is 0. The zero-order chi connectivity index (χ0) is 17.4. The third-order valence-electron chi connectivity index (χ3n) is 3.97. The van der Waals surface area contributed by atoms with Gasteiger partial charge in [0.05, 0.1) is 12.5 Å². The maximum Gasteiger partial charge on any atom is 0.322 e. The van der Waals surface area contributed by atoms with Gasteiger partial charge in [-0.2, -0.15) is 5.26 Å². The van der Waals surface area contributed by atoms with Gasteiger partial charge in [-0.1, -0.05) is 55.5 Å². The maximum absolute atomic E-state index is 12.7. The van der Waals surface area contributed by atoms with Gasteiger partial charge in [0.1, 0.15) is 0 Å². The number of carbonyl (C=O) groups is 1. The molecule has 2 aromatic rings. The van der Waals surface area contributed by atoms with E-state index in [4.69, 9.17) is 5.26 Å². The number of rotatable bonds is 6. The van der Waals surface area contributed by atoms with Gasteiger partial charge in [0, 0.05) is 18.8 Å². The molecule has 4 nitrogen and oxygen atoms in total. The van der Waals surface area contributed by atoms with Gasteiger partial charge in [0.25, 0.3) is 0 Å². The van der Waals surface area contributed by atoms with Crippen LogP contribution < -0.4 is 5.32 Å². The average molecular weight is 321 g/mol. The zero-order valence-electron chi connectivity index (χ0n) is 14.2. The Balaban J connectivity index is 2.17. The van der Waals surface area contributed by atoms with Crippen molar-refractivity contribution in [1.29, 1.82) is 5.26 Å². The van der Waals surface area contributed by atoms with E-state index < -0.39 is 0 Å². The van der Waals surface area contributed by atoms with Crippen molar-refractivity contribution in [3.8, 4) is 6.07 Å². The number of amides is 2. The van der Waals surface area contributed by atoms with Crippen molar-refractivity contribution in [2.24, 2.45) is 0 Å². The van der Waals surface area contributed by atoms with Crippen LogP contribution in [0.15, 0.2) is 48.5 Å². The lowest BCUT2D eigenvalue weighted by Crippen LogP contribution is -2.35. The molecular formula is C20H23N3O. The highest BCUT2D eigenvalue weighted by atomic mass is 16.2. The number of nitrogens with one attached hydrogen (secondary N) is 1. The van der Waals surface area contributed by atoms with E-state index in [2.05, 4.69) is 18.3 Å². The molecule has 0 saturated carbocycles. The van der Waals surface area contributed by atoms with E-state index in [9.17, 15) is 4.79 Å². The molecule has 0 radical (unpaired) electrons. The van der Waals surface area contributed by atoms with E-state index in [0.29, 0.717) is 19.5 Å². The molecule has 0 bridgehead atoms. The van der Waals surface area contributed by atoms with E-state index in [1.807, 2.05) is 55.5 Å². The van der Waals surface area contributed by atoms with Gasteiger partial charge in [0.2, 0.25) is 0 Å². The summed E-state index contributed by atoms with van der Waals surface area (Å²) in [7, 11) is 0. The number of anilines is 1. The highest BCUT2D eigenvalue weighted by Gasteiger charge is 2.16. The molecule has 2 rings (SSSR count). The first-order chi connectivity index (χ1) is 11.7. The summed E-state index contributed by atoms with van der Waals surface area (Å²) in [5.41, 5.74) is 4.08. The Kier molecular flexibility index (Phi) is 6.39. The Labute approximate surface area is 143 Å². The van der Waals surface area contributed by atoms with Crippen molar-refractivity contribution in [2.45, 2.75) is 33.2 Å². The molecule has 0 aliphatic carbocycles. The first kappa shape index (κ1) is 17.6. The molecule has 2 aromatic carbocycles. The Morgan fingerprint density at radius 1 is 1.17 bits per heavy atom. The predicted molar refractivity (Wildman–Crippen MR) is 96.7 cm³/mol. The van der Waals surface area contributed by atoms with Crippen LogP contribution in [0, 0.1) is 18.3 Å². The number of benzene rings is 2. The molecule has 2 amide bonds. The second-order valence-corrected chi connectivity index (χ2v) is 5.71. The molecule has 124 valence electrons. The van der Waals surface area contributed by atoms with Crippen LogP contribution in [0.3, 0.4) is 0 Å². The number of nitriles is 1. The molecule has 0 aliphatic rings. The fourth-order valence-corrected chi connectivity index (χ4v) is 2.63. The number of carbonyl (C=O) groups excluding carboxylic acids is 1. The van der Waals surface area contributed by atoms with Gasteiger partial charge in [-0.05, 0) is 30.0 Å². The van der Waals surface area contributed by atoms with Gasteiger partial charge in [-0.3, -0.25) is 0 Å². The van der Waals surface area contributed by atoms with Gasteiger partial charge in [0.15, 0.2) is 0 Å². The largest absolute Gasteiger partial charge is 0.322 e. The fraction of sp³-hybridized carbons (Fsp3) is 0.300. The van der Waals surface area contributed by atoms with Crippen molar-refractivity contribution in [3.63, 3.8) is 0 Å². The van der Waals surface area contributed by atoms with Crippen LogP contribution in [0.1, 0.15) is 30.0 Å². The van der Waals surface area contributed by atoms with Gasteiger partial charge >= 0.3 is 6.03 Å². The summed E-state index contributed by atoms with van der Waals surface area (Å²) in [6.07, 6.45) is 1.17. The Morgan fingerprint density at radius 3 is 2.58 bits per heavy atom. The van der Waals surface area contributed by atoms with Crippen molar-refractivity contribution >= 4 is 11.7 Å². The second kappa shape index (κ2) is 8.73. The van der Waals surface area contributed by atoms with E-state index in [1.165, 1.54) is 0 Å². The SMILES string of the molecule is CCc1cccc(C)c1NC(=O)N(CCC#N)Cc1ccccc1. The van der Waals surface area contributed by atoms with Crippen molar-refractivity contribution in [2.75, 3.05) is 11.9 Å². The summed E-state index contributed by atoms with van der Waals surface area (Å²) < 4.78 is 0. The summed E-state index contributed by atoms with van der Waals surface area (Å²) in [5, 5.41) is 11.9. The summed E-state index contributed by atoms with van der Waals surface area (Å²) in [5.74, 6) is 0. The predicted octanol–water partition coefficient (Wildman–Crippen LogP) is 4.51. The van der Waals surface area contributed by atoms with E-state index in [-0.39, 0.29) is 6.03 Å². The first-order valence-corrected chi connectivity index (χ1v) is 8.21. The minimum absolute atomic E-state index is 0.168. The Hall–Kier alpha value is -2.80. The molecule has 0 heterocycles. The molecule has 0 saturated heterocycles. The zero-order valence-corrected chi connectivity index (χ0v) is 14.2. The minimum Gasteiger partial charge on any atom is -0.319 e. The van der Waals surface area contributed by atoms with Crippen LogP contribution >= 0.6 is 0 Å². The Bertz CT molecular complexity index is 719. The normalized spacial score (nSPS) is 10.0. The van der Waals surface area contributed by atoms with Crippen LogP contribution in [0.2, 0.25) is 0 Å². The molecule has 1 N–H and O–H groups in total. The third-order valence-corrected chi connectivity index (χ3v) is 3.97. The molecule has 0 aliphatic heterocycles. The van der Waals surface area contributed by atoms with Crippen LogP contribution in [0.25, 0.3) is 0 Å². The minimum atomic E-state index is -0.168. The molecule has 4 heteroatoms. The molecule has 0 unspecified atom stereocenters. The number of para-hydroxylation sites is 1. The fourth-order valence-electron chi connectivity index (χ4n) is 2.63. The lowest BCUT2D eigenvalue weighted by molar-refractivity contribution is 0.210. The van der Waals surface area contributed by atoms with Crippen LogP contribution in [-0.2, 0) is 13.0 Å². The average Bonchev–Trinajstić information content (AvgIpc) is 2.61. The second-order valence-electron chi connectivity index (χ2n) is 5.71. The van der Waals surface area contributed by atoms with Gasteiger partial charge < -0.3 is 10.2 Å². The third kappa shape index (κ3) is 4.60. The molecule has 24 heavy (non-hydrogen) atoms. The monoisotopic (exact) mass is 321 g/mol. The molecule has 0 aromatic heterocycles. The van der Waals surface area contributed by atoms with Gasteiger partial charge in [-0.25, -0.2) is 4.79 Å². The number of aryl methyl sites for hydroxylation is 2. The highest BCUT2D eigenvalue weighted by Crippen LogP contribution is 2.22. The molecular weight excluding hydrogens is 298 g/mol. The van der Waals surface area contributed by atoms with Crippen molar-refractivity contribution in [3.05, 3.63) is 65.2 Å². The van der Waals surface area contributed by atoms with Crippen LogP contribution in [-0.4, -0.2) is 17.5 Å². The summed E-state index contributed by atoms with van der Waals surface area (Å²) in [4.78, 5) is 14.4. The number of hydrogen-bond donors (Lipinski definition) is 1. The van der Waals surface area contributed by atoms with Crippen LogP contribution in [0.5, 0.6) is 0 Å². The molecule has 0 spiro atoms. The number of nitrogens with zero attached hydrogens (tertiary/aromatic N) is 2.